The van der Waals surface area contributed by atoms with Gasteiger partial charge in [0.1, 0.15) is 24.2 Å². The second-order valence-corrected chi connectivity index (χ2v) is 2.95. The monoisotopic (exact) mass is 180 g/mol. The number of benzene rings is 1. The van der Waals surface area contributed by atoms with Gasteiger partial charge in [0, 0.05) is 6.07 Å². The van der Waals surface area contributed by atoms with Crippen LogP contribution in [0.15, 0.2) is 24.3 Å². The van der Waals surface area contributed by atoms with E-state index >= 15 is 0 Å². The zero-order valence-electron chi connectivity index (χ0n) is 7.53. The fourth-order valence-electron chi connectivity index (χ4n) is 1.04. The van der Waals surface area contributed by atoms with Gasteiger partial charge in [0.15, 0.2) is 0 Å². The number of rotatable bonds is 4. The Morgan fingerprint density at radius 2 is 2.23 bits per heavy atom. The van der Waals surface area contributed by atoms with Gasteiger partial charge in [0.05, 0.1) is 13.7 Å². The molecule has 0 aliphatic carbocycles. The van der Waals surface area contributed by atoms with Crippen molar-refractivity contribution in [2.75, 3.05) is 20.3 Å². The van der Waals surface area contributed by atoms with Crippen molar-refractivity contribution in [1.82, 2.24) is 0 Å². The first-order valence-corrected chi connectivity index (χ1v) is 4.27. The summed E-state index contributed by atoms with van der Waals surface area (Å²) >= 11 is 0. The standard InChI is InChI=1S/C10H12O3/c1-11-8-3-2-4-9(5-8)12-6-10-7-13-10/h2-5,10H,6-7H2,1H3/t10-/m0/s1. The summed E-state index contributed by atoms with van der Waals surface area (Å²) in [6, 6.07) is 7.57. The lowest BCUT2D eigenvalue weighted by Gasteiger charge is -2.05. The average Bonchev–Trinajstić information content (AvgIpc) is 2.99. The first-order valence-electron chi connectivity index (χ1n) is 4.27. The maximum absolute atomic E-state index is 5.47. The minimum Gasteiger partial charge on any atom is -0.497 e. The van der Waals surface area contributed by atoms with E-state index in [0.717, 1.165) is 18.1 Å². The lowest BCUT2D eigenvalue weighted by atomic mass is 10.3. The first-order chi connectivity index (χ1) is 6.38. The molecule has 0 N–H and O–H groups in total. The van der Waals surface area contributed by atoms with Crippen LogP contribution in [0.1, 0.15) is 0 Å². The Balaban J connectivity index is 1.93. The fourth-order valence-corrected chi connectivity index (χ4v) is 1.04. The van der Waals surface area contributed by atoms with Gasteiger partial charge in [0.25, 0.3) is 0 Å². The molecule has 2 rings (SSSR count). The summed E-state index contributed by atoms with van der Waals surface area (Å²) in [6.07, 6.45) is 0.297. The number of hydrogen-bond acceptors (Lipinski definition) is 3. The van der Waals surface area contributed by atoms with Crippen LogP contribution in [-0.4, -0.2) is 26.4 Å². The summed E-state index contributed by atoms with van der Waals surface area (Å²) in [5.41, 5.74) is 0. The van der Waals surface area contributed by atoms with Crippen molar-refractivity contribution >= 4 is 0 Å². The van der Waals surface area contributed by atoms with Crippen LogP contribution in [0.25, 0.3) is 0 Å². The van der Waals surface area contributed by atoms with E-state index in [9.17, 15) is 0 Å². The Bertz CT molecular complexity index is 281. The lowest BCUT2D eigenvalue weighted by Crippen LogP contribution is -2.03. The Morgan fingerprint density at radius 1 is 1.46 bits per heavy atom. The lowest BCUT2D eigenvalue weighted by molar-refractivity contribution is 0.262. The molecule has 13 heavy (non-hydrogen) atoms. The van der Waals surface area contributed by atoms with Crippen LogP contribution in [0.4, 0.5) is 0 Å². The highest BCUT2D eigenvalue weighted by Gasteiger charge is 2.22. The van der Waals surface area contributed by atoms with Crippen LogP contribution in [0, 0.1) is 0 Å². The molecule has 0 spiro atoms. The molecule has 1 aromatic carbocycles. The van der Waals surface area contributed by atoms with Crippen LogP contribution in [-0.2, 0) is 4.74 Å². The Labute approximate surface area is 77.2 Å². The normalized spacial score (nSPS) is 19.6. The summed E-state index contributed by atoms with van der Waals surface area (Å²) in [4.78, 5) is 0. The summed E-state index contributed by atoms with van der Waals surface area (Å²) in [5, 5.41) is 0. The average molecular weight is 180 g/mol. The Kier molecular flexibility index (Phi) is 2.36. The molecule has 3 nitrogen and oxygen atoms in total. The molecule has 3 heteroatoms. The number of hydrogen-bond donors (Lipinski definition) is 0. The van der Waals surface area contributed by atoms with E-state index in [4.69, 9.17) is 14.2 Å². The summed E-state index contributed by atoms with van der Waals surface area (Å²) in [7, 11) is 1.64. The second kappa shape index (κ2) is 3.66. The highest BCUT2D eigenvalue weighted by Crippen LogP contribution is 2.20. The minimum atomic E-state index is 0.297. The van der Waals surface area contributed by atoms with Gasteiger partial charge in [-0.05, 0) is 12.1 Å². The van der Waals surface area contributed by atoms with Crippen molar-refractivity contribution in [2.24, 2.45) is 0 Å². The molecule has 0 saturated carbocycles. The van der Waals surface area contributed by atoms with Gasteiger partial charge in [-0.2, -0.15) is 0 Å². The number of epoxide rings is 1. The van der Waals surface area contributed by atoms with E-state index in [1.807, 2.05) is 24.3 Å². The minimum absolute atomic E-state index is 0.297. The molecule has 1 aliphatic heterocycles. The van der Waals surface area contributed by atoms with E-state index < -0.39 is 0 Å². The van der Waals surface area contributed by atoms with Gasteiger partial charge in [0.2, 0.25) is 0 Å². The van der Waals surface area contributed by atoms with Crippen LogP contribution in [0.2, 0.25) is 0 Å². The van der Waals surface area contributed by atoms with Crippen molar-refractivity contribution in [3.63, 3.8) is 0 Å². The van der Waals surface area contributed by atoms with E-state index in [1.165, 1.54) is 0 Å². The van der Waals surface area contributed by atoms with Gasteiger partial charge in [-0.3, -0.25) is 0 Å². The quantitative estimate of drug-likeness (QED) is 0.657. The molecule has 0 unspecified atom stereocenters. The van der Waals surface area contributed by atoms with Gasteiger partial charge < -0.3 is 14.2 Å². The van der Waals surface area contributed by atoms with Gasteiger partial charge >= 0.3 is 0 Å². The molecule has 0 radical (unpaired) electrons. The molecule has 0 aromatic heterocycles. The molecule has 0 bridgehead atoms. The third-order valence-corrected chi connectivity index (χ3v) is 1.88. The predicted octanol–water partition coefficient (Wildman–Crippen LogP) is 1.47. The van der Waals surface area contributed by atoms with E-state index in [0.29, 0.717) is 12.7 Å². The maximum Gasteiger partial charge on any atom is 0.123 e. The van der Waals surface area contributed by atoms with Gasteiger partial charge in [-0.1, -0.05) is 6.07 Å². The van der Waals surface area contributed by atoms with Crippen LogP contribution >= 0.6 is 0 Å². The van der Waals surface area contributed by atoms with Crippen molar-refractivity contribution < 1.29 is 14.2 Å². The first kappa shape index (κ1) is 8.38. The molecule has 1 aliphatic rings. The van der Waals surface area contributed by atoms with Gasteiger partial charge in [-0.15, -0.1) is 0 Å². The molecular weight excluding hydrogens is 168 g/mol. The smallest absolute Gasteiger partial charge is 0.123 e. The zero-order valence-corrected chi connectivity index (χ0v) is 7.53. The molecule has 1 heterocycles. The fraction of sp³-hybridized carbons (Fsp3) is 0.400. The van der Waals surface area contributed by atoms with E-state index in [2.05, 4.69) is 0 Å². The highest BCUT2D eigenvalue weighted by molar-refractivity contribution is 5.32. The molecular formula is C10H12O3. The third kappa shape index (κ3) is 2.36. The Morgan fingerprint density at radius 3 is 2.92 bits per heavy atom. The molecule has 0 amide bonds. The maximum atomic E-state index is 5.47. The molecule has 1 fully saturated rings. The van der Waals surface area contributed by atoms with E-state index in [1.54, 1.807) is 7.11 Å². The molecule has 1 saturated heterocycles. The topological polar surface area (TPSA) is 31.0 Å². The summed E-state index contributed by atoms with van der Waals surface area (Å²) in [5.74, 6) is 1.64. The largest absolute Gasteiger partial charge is 0.497 e. The van der Waals surface area contributed by atoms with Crippen molar-refractivity contribution in [1.29, 1.82) is 0 Å². The van der Waals surface area contributed by atoms with Crippen molar-refractivity contribution in [3.8, 4) is 11.5 Å². The summed E-state index contributed by atoms with van der Waals surface area (Å²) < 4.78 is 15.6. The number of ether oxygens (including phenoxy) is 3. The van der Waals surface area contributed by atoms with Crippen molar-refractivity contribution in [2.45, 2.75) is 6.10 Å². The molecule has 70 valence electrons. The van der Waals surface area contributed by atoms with E-state index in [-0.39, 0.29) is 0 Å². The number of methoxy groups -OCH3 is 1. The van der Waals surface area contributed by atoms with Crippen LogP contribution < -0.4 is 9.47 Å². The zero-order chi connectivity index (χ0) is 9.10. The Hall–Kier alpha value is -1.22. The molecule has 1 aromatic rings. The van der Waals surface area contributed by atoms with Crippen LogP contribution in [0.5, 0.6) is 11.5 Å². The predicted molar refractivity (Wildman–Crippen MR) is 48.2 cm³/mol. The second-order valence-electron chi connectivity index (χ2n) is 2.95. The van der Waals surface area contributed by atoms with Crippen molar-refractivity contribution in [3.05, 3.63) is 24.3 Å². The highest BCUT2D eigenvalue weighted by atomic mass is 16.6. The van der Waals surface area contributed by atoms with Gasteiger partial charge in [-0.25, -0.2) is 0 Å². The molecule has 1 atom stereocenters. The SMILES string of the molecule is COc1cccc(OC[C@H]2CO2)c1. The third-order valence-electron chi connectivity index (χ3n) is 1.88. The summed E-state index contributed by atoms with van der Waals surface area (Å²) in [6.45, 7) is 1.46. The van der Waals surface area contributed by atoms with Crippen LogP contribution in [0.3, 0.4) is 0 Å².